The Morgan fingerprint density at radius 3 is 1.93 bits per heavy atom. The van der Waals surface area contributed by atoms with E-state index >= 15 is 0 Å². The molecule has 0 bridgehead atoms. The first-order valence-corrected chi connectivity index (χ1v) is 10.8. The highest BCUT2D eigenvalue weighted by Gasteiger charge is 2.33. The minimum Gasteiger partial charge on any atom is -0.327 e. The van der Waals surface area contributed by atoms with Crippen LogP contribution in [0.15, 0.2) is 9.89 Å². The Morgan fingerprint density at radius 2 is 1.50 bits per heavy atom. The molecule has 2 N–H and O–H groups in total. The molecule has 14 heteroatoms. The summed E-state index contributed by atoms with van der Waals surface area (Å²) in [7, 11) is -5.85. The number of benzene rings is 1. The molecule has 0 amide bonds. The van der Waals surface area contributed by atoms with E-state index in [1.165, 1.54) is 0 Å². The lowest BCUT2D eigenvalue weighted by atomic mass is 10.2. The standard InChI is InChI=1S/C14H19F4N3O5S2/c1-19-13-9(15)11(17)14(12(18)10(13)16)28(25,26)20-5-7-21(2,3)6-4-8-27(22,23)24/h20H,1,4-8H2,2-3H3/p+1. The molecular weight excluding hydrogens is 430 g/mol. The number of nitrogens with zero attached hydrogens (tertiary/aromatic N) is 2. The summed E-state index contributed by atoms with van der Waals surface area (Å²) >= 11 is 0. The van der Waals surface area contributed by atoms with Gasteiger partial charge in [-0.2, -0.15) is 8.42 Å². The smallest absolute Gasteiger partial charge is 0.265 e. The number of nitrogens with one attached hydrogen (secondary N) is 1. The van der Waals surface area contributed by atoms with Gasteiger partial charge in [-0.05, 0) is 6.72 Å². The molecular formula is C14H20F4N3O5S2+. The van der Waals surface area contributed by atoms with Gasteiger partial charge in [0.25, 0.3) is 10.1 Å². The van der Waals surface area contributed by atoms with Gasteiger partial charge in [0, 0.05) is 6.42 Å². The highest BCUT2D eigenvalue weighted by Crippen LogP contribution is 2.32. The summed E-state index contributed by atoms with van der Waals surface area (Å²) < 4.78 is 112. The molecule has 0 fully saturated rings. The first kappa shape index (κ1) is 24.4. The number of hydrogen-bond donors (Lipinski definition) is 2. The van der Waals surface area contributed by atoms with Crippen molar-refractivity contribution in [3.63, 3.8) is 0 Å². The van der Waals surface area contributed by atoms with Crippen molar-refractivity contribution in [1.82, 2.24) is 4.72 Å². The Kier molecular flexibility index (Phi) is 7.69. The second-order valence-corrected chi connectivity index (χ2v) is 9.79. The van der Waals surface area contributed by atoms with E-state index in [0.717, 1.165) is 0 Å². The second kappa shape index (κ2) is 8.82. The van der Waals surface area contributed by atoms with Gasteiger partial charge < -0.3 is 4.48 Å². The normalized spacial score (nSPS) is 13.0. The molecule has 0 aliphatic carbocycles. The summed E-state index contributed by atoms with van der Waals surface area (Å²) in [6.45, 7) is 2.67. The Hall–Kier alpha value is -1.61. The van der Waals surface area contributed by atoms with Gasteiger partial charge in [0.2, 0.25) is 10.0 Å². The molecule has 0 spiro atoms. The van der Waals surface area contributed by atoms with Crippen molar-refractivity contribution in [2.24, 2.45) is 4.99 Å². The van der Waals surface area contributed by atoms with Crippen LogP contribution < -0.4 is 4.72 Å². The van der Waals surface area contributed by atoms with Gasteiger partial charge in [-0.15, -0.1) is 0 Å². The molecule has 0 unspecified atom stereocenters. The van der Waals surface area contributed by atoms with Crippen LogP contribution in [0.1, 0.15) is 6.42 Å². The van der Waals surface area contributed by atoms with Crippen molar-refractivity contribution < 1.29 is 43.4 Å². The number of quaternary nitrogens is 1. The summed E-state index contributed by atoms with van der Waals surface area (Å²) in [6.07, 6.45) is 0.0777. The minimum atomic E-state index is -4.95. The van der Waals surface area contributed by atoms with Gasteiger partial charge >= 0.3 is 0 Å². The Bertz CT molecular complexity index is 937. The third-order valence-corrected chi connectivity index (χ3v) is 6.09. The molecule has 1 aromatic carbocycles. The molecule has 0 saturated carbocycles. The van der Waals surface area contributed by atoms with E-state index in [4.69, 9.17) is 4.55 Å². The van der Waals surface area contributed by atoms with Gasteiger partial charge in [0.15, 0.2) is 28.2 Å². The third-order valence-electron chi connectivity index (χ3n) is 3.80. The molecule has 0 heterocycles. The zero-order valence-corrected chi connectivity index (χ0v) is 16.7. The maximum Gasteiger partial charge on any atom is 0.265 e. The molecule has 0 radical (unpaired) electrons. The van der Waals surface area contributed by atoms with Gasteiger partial charge in [-0.3, -0.25) is 9.55 Å². The van der Waals surface area contributed by atoms with E-state index in [1.54, 1.807) is 14.1 Å². The molecule has 160 valence electrons. The van der Waals surface area contributed by atoms with Crippen LogP contribution in [-0.4, -0.2) is 72.1 Å². The molecule has 0 aliphatic rings. The second-order valence-electron chi connectivity index (χ2n) is 6.51. The monoisotopic (exact) mass is 450 g/mol. The fraction of sp³-hybridized carbons (Fsp3) is 0.500. The molecule has 28 heavy (non-hydrogen) atoms. The van der Waals surface area contributed by atoms with Crippen molar-refractivity contribution >= 4 is 32.5 Å². The van der Waals surface area contributed by atoms with Crippen molar-refractivity contribution in [2.45, 2.75) is 11.3 Å². The first-order valence-electron chi connectivity index (χ1n) is 7.72. The number of sulfonamides is 1. The lowest BCUT2D eigenvalue weighted by molar-refractivity contribution is -0.889. The molecule has 1 rings (SSSR count). The highest BCUT2D eigenvalue weighted by atomic mass is 32.2. The first-order chi connectivity index (χ1) is 12.6. The van der Waals surface area contributed by atoms with E-state index in [0.29, 0.717) is 0 Å². The number of hydrogen-bond acceptors (Lipinski definition) is 5. The molecule has 0 aliphatic heterocycles. The molecule has 1 aromatic rings. The maximum absolute atomic E-state index is 14.0. The van der Waals surface area contributed by atoms with E-state index in [2.05, 4.69) is 11.7 Å². The van der Waals surface area contributed by atoms with E-state index in [-0.39, 0.29) is 30.5 Å². The van der Waals surface area contributed by atoms with Crippen molar-refractivity contribution in [3.05, 3.63) is 23.3 Å². The lowest BCUT2D eigenvalue weighted by Gasteiger charge is -2.29. The van der Waals surface area contributed by atoms with Crippen molar-refractivity contribution in [3.8, 4) is 0 Å². The number of halogens is 4. The molecule has 8 nitrogen and oxygen atoms in total. The minimum absolute atomic E-state index is 0.0468. The Balaban J connectivity index is 2.92. The average molecular weight is 450 g/mol. The molecule has 0 atom stereocenters. The number of aliphatic imine (C=N–C) groups is 1. The van der Waals surface area contributed by atoms with Crippen LogP contribution in [0.4, 0.5) is 23.2 Å². The fourth-order valence-electron chi connectivity index (χ4n) is 2.32. The average Bonchev–Trinajstić information content (AvgIpc) is 2.51. The SMILES string of the molecule is C=Nc1c(F)c(F)c(S(=O)(=O)NCC[N+](C)(C)CCCS(=O)(=O)O)c(F)c1F. The zero-order chi connectivity index (χ0) is 21.9. The van der Waals surface area contributed by atoms with Gasteiger partial charge in [0.1, 0.15) is 5.69 Å². The van der Waals surface area contributed by atoms with Crippen LogP contribution in [0.3, 0.4) is 0 Å². The largest absolute Gasteiger partial charge is 0.327 e. The topological polar surface area (TPSA) is 113 Å². The van der Waals surface area contributed by atoms with E-state index in [9.17, 15) is 34.4 Å². The van der Waals surface area contributed by atoms with Gasteiger partial charge in [-0.1, -0.05) is 0 Å². The van der Waals surface area contributed by atoms with Crippen LogP contribution in [0.5, 0.6) is 0 Å². The quantitative estimate of drug-likeness (QED) is 0.183. The molecule has 0 saturated heterocycles. The summed E-state index contributed by atoms with van der Waals surface area (Å²) in [4.78, 5) is 0.983. The predicted octanol–water partition coefficient (Wildman–Crippen LogP) is 1.21. The predicted molar refractivity (Wildman–Crippen MR) is 93.5 cm³/mol. The number of likely N-dealkylation sites (N-methyl/N-ethyl adjacent to an activating group) is 1. The maximum atomic E-state index is 14.0. The van der Waals surface area contributed by atoms with Crippen LogP contribution in [0.2, 0.25) is 0 Å². The molecule has 0 aromatic heterocycles. The van der Waals surface area contributed by atoms with Crippen LogP contribution >= 0.6 is 0 Å². The summed E-state index contributed by atoms with van der Waals surface area (Å²) in [6, 6.07) is 0. The van der Waals surface area contributed by atoms with Crippen LogP contribution in [0, 0.1) is 23.3 Å². The summed E-state index contributed by atoms with van der Waals surface area (Å²) in [5, 5.41) is 0. The third kappa shape index (κ3) is 6.20. The summed E-state index contributed by atoms with van der Waals surface area (Å²) in [5.74, 6) is -8.73. The zero-order valence-electron chi connectivity index (χ0n) is 15.0. The lowest BCUT2D eigenvalue weighted by Crippen LogP contribution is -2.46. The van der Waals surface area contributed by atoms with Crippen molar-refractivity contribution in [1.29, 1.82) is 0 Å². The highest BCUT2D eigenvalue weighted by molar-refractivity contribution is 7.89. The Labute approximate surface area is 160 Å². The Morgan fingerprint density at radius 1 is 1.00 bits per heavy atom. The van der Waals surface area contributed by atoms with E-state index < -0.39 is 59.7 Å². The van der Waals surface area contributed by atoms with Crippen LogP contribution in [0.25, 0.3) is 0 Å². The fourth-order valence-corrected chi connectivity index (χ4v) is 3.97. The van der Waals surface area contributed by atoms with Gasteiger partial charge in [0.05, 0.1) is 39.5 Å². The van der Waals surface area contributed by atoms with E-state index in [1.807, 2.05) is 4.72 Å². The van der Waals surface area contributed by atoms with Crippen LogP contribution in [-0.2, 0) is 20.1 Å². The number of rotatable bonds is 10. The van der Waals surface area contributed by atoms with Gasteiger partial charge in [-0.25, -0.2) is 30.7 Å². The van der Waals surface area contributed by atoms with Crippen molar-refractivity contribution in [2.75, 3.05) is 39.5 Å². The summed E-state index contributed by atoms with van der Waals surface area (Å²) in [5.41, 5.74) is -1.37.